The topological polar surface area (TPSA) is 24.5 Å². The maximum atomic E-state index is 5.49. The Morgan fingerprint density at radius 3 is 3.00 bits per heavy atom. The highest BCUT2D eigenvalue weighted by molar-refractivity contribution is 7.80. The van der Waals surface area contributed by atoms with Gasteiger partial charge >= 0.3 is 0 Å². The maximum Gasteiger partial charge on any atom is 0.169 e. The van der Waals surface area contributed by atoms with E-state index in [-0.39, 0.29) is 0 Å². The first-order valence-corrected chi connectivity index (χ1v) is 7.23. The minimum Gasteiger partial charge on any atom is -0.385 e. The number of hydrogen-bond acceptors (Lipinski definition) is 2. The molecule has 0 aromatic heterocycles. The number of likely N-dealkylation sites (tertiary alicyclic amines) is 1. The van der Waals surface area contributed by atoms with Crippen molar-refractivity contribution in [1.29, 1.82) is 0 Å². The summed E-state index contributed by atoms with van der Waals surface area (Å²) in [5.41, 5.74) is 0. The fourth-order valence-corrected chi connectivity index (χ4v) is 2.76. The van der Waals surface area contributed by atoms with Crippen LogP contribution in [0.2, 0.25) is 0 Å². The molecule has 1 saturated heterocycles. The summed E-state index contributed by atoms with van der Waals surface area (Å²) in [4.78, 5) is 2.40. The molecule has 1 rings (SSSR count). The normalized spacial score (nSPS) is 20.4. The predicted molar refractivity (Wildman–Crippen MR) is 76.3 cm³/mol. The van der Waals surface area contributed by atoms with Gasteiger partial charge in [0.25, 0.3) is 0 Å². The zero-order valence-electron chi connectivity index (χ0n) is 11.2. The van der Waals surface area contributed by atoms with Crippen molar-refractivity contribution in [2.24, 2.45) is 0 Å². The van der Waals surface area contributed by atoms with E-state index in [9.17, 15) is 0 Å². The Hall–Kier alpha value is -0.350. The van der Waals surface area contributed by atoms with Crippen molar-refractivity contribution in [1.82, 2.24) is 10.2 Å². The Bertz CT molecular complexity index is 221. The third-order valence-corrected chi connectivity index (χ3v) is 3.69. The van der Waals surface area contributed by atoms with Crippen molar-refractivity contribution >= 4 is 17.3 Å². The van der Waals surface area contributed by atoms with Crippen molar-refractivity contribution in [3.05, 3.63) is 0 Å². The van der Waals surface area contributed by atoms with Crippen molar-refractivity contribution in [2.45, 2.75) is 51.5 Å². The Morgan fingerprint density at radius 2 is 2.29 bits per heavy atom. The van der Waals surface area contributed by atoms with Gasteiger partial charge in [-0.1, -0.05) is 13.3 Å². The molecule has 0 aliphatic carbocycles. The quantitative estimate of drug-likeness (QED) is 0.584. The molecule has 100 valence electrons. The van der Waals surface area contributed by atoms with Crippen LogP contribution in [0.3, 0.4) is 0 Å². The van der Waals surface area contributed by atoms with E-state index >= 15 is 0 Å². The summed E-state index contributed by atoms with van der Waals surface area (Å²) in [6.07, 6.45) is 7.46. The number of hydrogen-bond donors (Lipinski definition) is 1. The van der Waals surface area contributed by atoms with Crippen LogP contribution in [0, 0.1) is 0 Å². The standard InChI is InChI=1S/C13H26N2OS/c1-3-7-12-8-4-5-10-15(12)13(17)14-9-6-11-16-2/h12H,3-11H2,1-2H3,(H,14,17). The summed E-state index contributed by atoms with van der Waals surface area (Å²) in [7, 11) is 1.74. The molecule has 4 heteroatoms. The molecule has 1 atom stereocenters. The van der Waals surface area contributed by atoms with Crippen LogP contribution in [-0.2, 0) is 4.74 Å². The largest absolute Gasteiger partial charge is 0.385 e. The lowest BCUT2D eigenvalue weighted by Crippen LogP contribution is -2.48. The Balaban J connectivity index is 2.31. The van der Waals surface area contributed by atoms with E-state index in [1.807, 2.05) is 0 Å². The van der Waals surface area contributed by atoms with Gasteiger partial charge in [0.2, 0.25) is 0 Å². The number of piperidine rings is 1. The molecule has 1 unspecified atom stereocenters. The van der Waals surface area contributed by atoms with E-state index in [0.717, 1.165) is 31.2 Å². The fraction of sp³-hybridized carbons (Fsp3) is 0.923. The van der Waals surface area contributed by atoms with Gasteiger partial charge in [-0.05, 0) is 44.3 Å². The first-order valence-electron chi connectivity index (χ1n) is 6.83. The second kappa shape index (κ2) is 8.70. The van der Waals surface area contributed by atoms with Gasteiger partial charge in [0, 0.05) is 32.8 Å². The van der Waals surface area contributed by atoms with Crippen molar-refractivity contribution in [3.8, 4) is 0 Å². The number of nitrogens with zero attached hydrogens (tertiary/aromatic N) is 1. The van der Waals surface area contributed by atoms with Gasteiger partial charge in [-0.3, -0.25) is 0 Å². The van der Waals surface area contributed by atoms with E-state index < -0.39 is 0 Å². The van der Waals surface area contributed by atoms with Crippen LogP contribution in [0.5, 0.6) is 0 Å². The summed E-state index contributed by atoms with van der Waals surface area (Å²) >= 11 is 5.49. The van der Waals surface area contributed by atoms with Crippen LogP contribution in [0.15, 0.2) is 0 Å². The van der Waals surface area contributed by atoms with E-state index in [1.54, 1.807) is 7.11 Å². The molecule has 0 amide bonds. The summed E-state index contributed by atoms with van der Waals surface area (Å²) in [5.74, 6) is 0. The monoisotopic (exact) mass is 258 g/mol. The molecule has 0 saturated carbocycles. The zero-order valence-corrected chi connectivity index (χ0v) is 12.0. The van der Waals surface area contributed by atoms with Gasteiger partial charge in [-0.2, -0.15) is 0 Å². The number of nitrogens with one attached hydrogen (secondary N) is 1. The molecule has 17 heavy (non-hydrogen) atoms. The highest BCUT2D eigenvalue weighted by Crippen LogP contribution is 2.20. The SMILES string of the molecule is CCCC1CCCCN1C(=S)NCCCOC. The minimum absolute atomic E-state index is 0.663. The van der Waals surface area contributed by atoms with Crippen molar-refractivity contribution in [2.75, 3.05) is 26.8 Å². The van der Waals surface area contributed by atoms with Crippen LogP contribution < -0.4 is 5.32 Å². The molecule has 1 heterocycles. The molecule has 1 N–H and O–H groups in total. The van der Waals surface area contributed by atoms with Crippen molar-refractivity contribution in [3.63, 3.8) is 0 Å². The van der Waals surface area contributed by atoms with E-state index in [1.165, 1.54) is 32.1 Å². The third-order valence-electron chi connectivity index (χ3n) is 3.31. The molecule has 1 aliphatic heterocycles. The Kier molecular flexibility index (Phi) is 7.53. The number of thiocarbonyl (C=S) groups is 1. The summed E-state index contributed by atoms with van der Waals surface area (Å²) in [5, 5.41) is 4.30. The summed E-state index contributed by atoms with van der Waals surface area (Å²) in [6, 6.07) is 0.663. The molecule has 0 radical (unpaired) electrons. The Labute approximate surface area is 111 Å². The second-order valence-electron chi connectivity index (χ2n) is 4.71. The molecular formula is C13H26N2OS. The van der Waals surface area contributed by atoms with Gasteiger partial charge in [-0.15, -0.1) is 0 Å². The molecule has 0 spiro atoms. The highest BCUT2D eigenvalue weighted by Gasteiger charge is 2.23. The van der Waals surface area contributed by atoms with Gasteiger partial charge in [0.05, 0.1) is 0 Å². The fourth-order valence-electron chi connectivity index (χ4n) is 2.41. The molecule has 0 aromatic rings. The summed E-state index contributed by atoms with van der Waals surface area (Å²) < 4.78 is 5.03. The number of methoxy groups -OCH3 is 1. The van der Waals surface area contributed by atoms with E-state index in [2.05, 4.69) is 17.1 Å². The first kappa shape index (κ1) is 14.7. The number of ether oxygens (including phenoxy) is 1. The molecule has 0 aromatic carbocycles. The van der Waals surface area contributed by atoms with Crippen LogP contribution >= 0.6 is 12.2 Å². The lowest BCUT2D eigenvalue weighted by atomic mass is 9.99. The molecule has 3 nitrogen and oxygen atoms in total. The molecule has 0 bridgehead atoms. The predicted octanol–water partition coefficient (Wildman–Crippen LogP) is 2.55. The zero-order chi connectivity index (χ0) is 12.5. The van der Waals surface area contributed by atoms with E-state index in [4.69, 9.17) is 17.0 Å². The second-order valence-corrected chi connectivity index (χ2v) is 5.10. The average molecular weight is 258 g/mol. The van der Waals surface area contributed by atoms with Crippen LogP contribution in [0.25, 0.3) is 0 Å². The average Bonchev–Trinajstić information content (AvgIpc) is 2.35. The van der Waals surface area contributed by atoms with Gasteiger partial charge < -0.3 is 15.0 Å². The van der Waals surface area contributed by atoms with E-state index in [0.29, 0.717) is 6.04 Å². The lowest BCUT2D eigenvalue weighted by molar-refractivity contribution is 0.194. The van der Waals surface area contributed by atoms with Crippen molar-refractivity contribution < 1.29 is 4.74 Å². The van der Waals surface area contributed by atoms with Crippen LogP contribution in [0.4, 0.5) is 0 Å². The molecule has 1 fully saturated rings. The maximum absolute atomic E-state index is 5.49. The molecule has 1 aliphatic rings. The minimum atomic E-state index is 0.663. The smallest absolute Gasteiger partial charge is 0.169 e. The number of rotatable bonds is 6. The lowest BCUT2D eigenvalue weighted by Gasteiger charge is -2.37. The van der Waals surface area contributed by atoms with Gasteiger partial charge in [0.1, 0.15) is 0 Å². The highest BCUT2D eigenvalue weighted by atomic mass is 32.1. The van der Waals surface area contributed by atoms with Crippen LogP contribution in [0.1, 0.15) is 45.4 Å². The van der Waals surface area contributed by atoms with Gasteiger partial charge in [0.15, 0.2) is 5.11 Å². The molecular weight excluding hydrogens is 232 g/mol. The first-order chi connectivity index (χ1) is 8.29. The summed E-state index contributed by atoms with van der Waals surface area (Å²) in [6.45, 7) is 5.10. The van der Waals surface area contributed by atoms with Crippen LogP contribution in [-0.4, -0.2) is 42.9 Å². The Morgan fingerprint density at radius 1 is 1.47 bits per heavy atom. The third kappa shape index (κ3) is 5.21. The van der Waals surface area contributed by atoms with Gasteiger partial charge in [-0.25, -0.2) is 0 Å².